The first-order valence-corrected chi connectivity index (χ1v) is 9.68. The Morgan fingerprint density at radius 2 is 2.00 bits per heavy atom. The second-order valence-electron chi connectivity index (χ2n) is 7.17. The summed E-state index contributed by atoms with van der Waals surface area (Å²) < 4.78 is 12.0. The number of hydrogen-bond acceptors (Lipinski definition) is 6. The number of anilines is 1. The van der Waals surface area contributed by atoms with Crippen LogP contribution in [0.3, 0.4) is 0 Å². The maximum absolute atomic E-state index is 12.7. The van der Waals surface area contributed by atoms with Gasteiger partial charge >= 0.3 is 0 Å². The molecule has 1 aliphatic rings. The second-order valence-corrected chi connectivity index (χ2v) is 7.17. The zero-order valence-corrected chi connectivity index (χ0v) is 17.1. The third kappa shape index (κ3) is 3.78. The lowest BCUT2D eigenvalue weighted by Crippen LogP contribution is -2.21. The fourth-order valence-electron chi connectivity index (χ4n) is 3.64. The topological polar surface area (TPSA) is 111 Å². The summed E-state index contributed by atoms with van der Waals surface area (Å²) in [5.41, 5.74) is 2.85. The molecule has 1 amide bonds. The number of H-pyrrole nitrogens is 1. The van der Waals surface area contributed by atoms with Crippen LogP contribution in [0.4, 0.5) is 5.82 Å². The number of hydrogen-bond donors (Lipinski definition) is 2. The van der Waals surface area contributed by atoms with Crippen LogP contribution in [0.2, 0.25) is 0 Å². The molecule has 0 fully saturated rings. The third-order valence-electron chi connectivity index (χ3n) is 5.04. The Bertz CT molecular complexity index is 1160. The Morgan fingerprint density at radius 1 is 1.20 bits per heavy atom. The molecule has 9 heteroatoms. The molecular weight excluding hydrogens is 386 g/mol. The molecule has 2 heterocycles. The van der Waals surface area contributed by atoms with Gasteiger partial charge in [0.25, 0.3) is 5.56 Å². The van der Waals surface area contributed by atoms with Gasteiger partial charge in [-0.05, 0) is 43.9 Å². The number of aromatic amines is 1. The van der Waals surface area contributed by atoms with Crippen LogP contribution in [0.25, 0.3) is 5.95 Å². The number of aromatic nitrogens is 4. The van der Waals surface area contributed by atoms with Crippen LogP contribution in [0.1, 0.15) is 28.9 Å². The van der Waals surface area contributed by atoms with E-state index in [4.69, 9.17) is 9.47 Å². The van der Waals surface area contributed by atoms with Gasteiger partial charge < -0.3 is 14.8 Å². The highest BCUT2D eigenvalue weighted by Crippen LogP contribution is 2.28. The fourth-order valence-corrected chi connectivity index (χ4v) is 3.64. The molecule has 0 saturated carbocycles. The molecule has 0 spiro atoms. The minimum Gasteiger partial charge on any atom is -0.493 e. The van der Waals surface area contributed by atoms with Crippen molar-refractivity contribution in [1.29, 1.82) is 0 Å². The number of nitrogens with one attached hydrogen (secondary N) is 2. The average molecular weight is 409 g/mol. The Hall–Kier alpha value is -3.62. The molecule has 0 radical (unpaired) electrons. The zero-order valence-electron chi connectivity index (χ0n) is 17.1. The number of amides is 1. The number of nitrogens with zero attached hydrogens (tertiary/aromatic N) is 3. The molecule has 2 N–H and O–H groups in total. The first-order chi connectivity index (χ1) is 14.5. The van der Waals surface area contributed by atoms with Crippen molar-refractivity contribution in [3.63, 3.8) is 0 Å². The first-order valence-electron chi connectivity index (χ1n) is 9.68. The largest absolute Gasteiger partial charge is 0.493 e. The number of carbonyl (C=O) groups excluding carboxylic acids is 1. The number of aryl methyl sites for hydroxylation is 2. The number of methoxy groups -OCH3 is 2. The van der Waals surface area contributed by atoms with Gasteiger partial charge in [0.15, 0.2) is 11.5 Å². The van der Waals surface area contributed by atoms with Gasteiger partial charge in [0, 0.05) is 11.6 Å². The van der Waals surface area contributed by atoms with E-state index in [0.717, 1.165) is 36.1 Å². The molecule has 3 aromatic rings. The SMILES string of the molecule is COc1ccc(CC(=O)Nc2cc(C)nn2-c2nc3c(c(=O)[nH]2)CCC3)cc1OC. The summed E-state index contributed by atoms with van der Waals surface area (Å²) in [7, 11) is 3.11. The van der Waals surface area contributed by atoms with E-state index in [9.17, 15) is 9.59 Å². The highest BCUT2D eigenvalue weighted by atomic mass is 16.5. The highest BCUT2D eigenvalue weighted by Gasteiger charge is 2.20. The van der Waals surface area contributed by atoms with E-state index in [-0.39, 0.29) is 17.9 Å². The molecule has 0 aliphatic heterocycles. The number of benzene rings is 1. The maximum Gasteiger partial charge on any atom is 0.255 e. The van der Waals surface area contributed by atoms with E-state index in [1.165, 1.54) is 4.68 Å². The molecule has 1 aromatic carbocycles. The molecule has 30 heavy (non-hydrogen) atoms. The molecule has 0 bridgehead atoms. The van der Waals surface area contributed by atoms with Crippen molar-refractivity contribution in [3.05, 3.63) is 57.1 Å². The molecule has 1 aliphatic carbocycles. The van der Waals surface area contributed by atoms with E-state index < -0.39 is 0 Å². The average Bonchev–Trinajstić information content (AvgIpc) is 3.34. The van der Waals surface area contributed by atoms with E-state index >= 15 is 0 Å². The van der Waals surface area contributed by atoms with Gasteiger partial charge in [0.05, 0.1) is 32.0 Å². The van der Waals surface area contributed by atoms with Crippen molar-refractivity contribution in [2.45, 2.75) is 32.6 Å². The molecule has 0 saturated heterocycles. The first kappa shape index (κ1) is 19.7. The Labute approximate surface area is 173 Å². The van der Waals surface area contributed by atoms with Crippen LogP contribution in [0.15, 0.2) is 29.1 Å². The molecule has 0 unspecified atom stereocenters. The smallest absolute Gasteiger partial charge is 0.255 e. The summed E-state index contributed by atoms with van der Waals surface area (Å²) in [6.07, 6.45) is 2.57. The van der Waals surface area contributed by atoms with Crippen LogP contribution in [-0.4, -0.2) is 39.9 Å². The van der Waals surface area contributed by atoms with Crippen molar-refractivity contribution in [2.75, 3.05) is 19.5 Å². The van der Waals surface area contributed by atoms with E-state index in [0.29, 0.717) is 29.0 Å². The predicted molar refractivity (Wildman–Crippen MR) is 111 cm³/mol. The number of rotatable bonds is 6. The van der Waals surface area contributed by atoms with Crippen LogP contribution in [0.5, 0.6) is 11.5 Å². The highest BCUT2D eigenvalue weighted by molar-refractivity contribution is 5.91. The van der Waals surface area contributed by atoms with Gasteiger partial charge in [0.1, 0.15) is 5.82 Å². The van der Waals surface area contributed by atoms with E-state index in [1.54, 1.807) is 32.4 Å². The Balaban J connectivity index is 1.57. The van der Waals surface area contributed by atoms with Crippen LogP contribution in [-0.2, 0) is 24.1 Å². The lowest BCUT2D eigenvalue weighted by molar-refractivity contribution is -0.115. The second kappa shape index (κ2) is 8.02. The summed E-state index contributed by atoms with van der Waals surface area (Å²) in [5.74, 6) is 1.67. The monoisotopic (exact) mass is 409 g/mol. The van der Waals surface area contributed by atoms with Crippen molar-refractivity contribution in [1.82, 2.24) is 19.7 Å². The number of fused-ring (bicyclic) bond motifs is 1. The van der Waals surface area contributed by atoms with Gasteiger partial charge in [-0.15, -0.1) is 0 Å². The molecule has 4 rings (SSSR count). The van der Waals surface area contributed by atoms with Crippen LogP contribution in [0, 0.1) is 6.92 Å². The van der Waals surface area contributed by atoms with Crippen molar-refractivity contribution >= 4 is 11.7 Å². The Morgan fingerprint density at radius 3 is 2.77 bits per heavy atom. The summed E-state index contributed by atoms with van der Waals surface area (Å²) >= 11 is 0. The summed E-state index contributed by atoms with van der Waals surface area (Å²) in [6.45, 7) is 1.81. The number of carbonyl (C=O) groups is 1. The van der Waals surface area contributed by atoms with Gasteiger partial charge in [-0.3, -0.25) is 14.6 Å². The van der Waals surface area contributed by atoms with Crippen LogP contribution < -0.4 is 20.3 Å². The lowest BCUT2D eigenvalue weighted by Gasteiger charge is -2.11. The molecule has 156 valence electrons. The summed E-state index contributed by atoms with van der Waals surface area (Å²) in [4.78, 5) is 32.4. The third-order valence-corrected chi connectivity index (χ3v) is 5.04. The van der Waals surface area contributed by atoms with Crippen LogP contribution >= 0.6 is 0 Å². The molecular formula is C21H23N5O4. The minimum absolute atomic E-state index is 0.138. The van der Waals surface area contributed by atoms with Gasteiger partial charge in [-0.2, -0.15) is 9.78 Å². The van der Waals surface area contributed by atoms with Gasteiger partial charge in [-0.25, -0.2) is 4.98 Å². The van der Waals surface area contributed by atoms with E-state index in [1.807, 2.05) is 13.0 Å². The number of ether oxygens (including phenoxy) is 2. The Kier molecular flexibility index (Phi) is 5.26. The van der Waals surface area contributed by atoms with E-state index in [2.05, 4.69) is 20.4 Å². The van der Waals surface area contributed by atoms with Gasteiger partial charge in [-0.1, -0.05) is 6.07 Å². The summed E-state index contributed by atoms with van der Waals surface area (Å²) in [5, 5.41) is 7.25. The maximum atomic E-state index is 12.7. The molecule has 9 nitrogen and oxygen atoms in total. The lowest BCUT2D eigenvalue weighted by atomic mass is 10.1. The molecule has 0 atom stereocenters. The van der Waals surface area contributed by atoms with Crippen molar-refractivity contribution in [2.24, 2.45) is 0 Å². The zero-order chi connectivity index (χ0) is 21.3. The van der Waals surface area contributed by atoms with Crippen molar-refractivity contribution in [3.8, 4) is 17.4 Å². The normalized spacial score (nSPS) is 12.5. The standard InChI is InChI=1S/C21H23N5O4/c1-12-9-18(23-19(27)11-13-7-8-16(29-2)17(10-13)30-3)26(25-12)21-22-15-6-4-5-14(15)20(28)24-21/h7-10H,4-6,11H2,1-3H3,(H,23,27)(H,22,24,28). The minimum atomic E-state index is -0.230. The van der Waals surface area contributed by atoms with Gasteiger partial charge in [0.2, 0.25) is 11.9 Å². The summed E-state index contributed by atoms with van der Waals surface area (Å²) in [6, 6.07) is 7.07. The van der Waals surface area contributed by atoms with Crippen molar-refractivity contribution < 1.29 is 14.3 Å². The fraction of sp³-hybridized carbons (Fsp3) is 0.333. The quantitative estimate of drug-likeness (QED) is 0.644. The predicted octanol–water partition coefficient (Wildman–Crippen LogP) is 1.95. The molecule has 2 aromatic heterocycles.